The Labute approximate surface area is 476 Å². The molecule has 0 aromatic carbocycles. The van der Waals surface area contributed by atoms with Crippen LogP contribution in [-0.4, -0.2) is 37.2 Å². The first kappa shape index (κ1) is 73.1. The topological polar surface area (TPSA) is 78.9 Å². The summed E-state index contributed by atoms with van der Waals surface area (Å²) in [4.78, 5) is 38.3. The Morgan fingerprint density at radius 2 is 0.506 bits per heavy atom. The third-order valence-corrected chi connectivity index (χ3v) is 13.8. The molecule has 0 aromatic rings. The molecule has 0 radical (unpaired) electrons. The molecule has 440 valence electrons. The molecule has 0 saturated heterocycles. The Balaban J connectivity index is 4.40. The summed E-state index contributed by atoms with van der Waals surface area (Å²) >= 11 is 0. The van der Waals surface area contributed by atoms with Crippen LogP contribution < -0.4 is 0 Å². The molecule has 0 saturated carbocycles. The van der Waals surface area contributed by atoms with Crippen LogP contribution in [0.25, 0.3) is 0 Å². The van der Waals surface area contributed by atoms with Gasteiger partial charge in [-0.05, 0) is 109 Å². The van der Waals surface area contributed by atoms with Crippen molar-refractivity contribution in [1.29, 1.82) is 0 Å². The van der Waals surface area contributed by atoms with E-state index in [1.807, 2.05) is 0 Å². The lowest BCUT2D eigenvalue weighted by Gasteiger charge is -2.18. The molecule has 6 heteroatoms. The Bertz CT molecular complexity index is 1560. The van der Waals surface area contributed by atoms with Gasteiger partial charge >= 0.3 is 17.9 Å². The molecule has 6 nitrogen and oxygen atoms in total. The number of hydrogen-bond acceptors (Lipinski definition) is 6. The molecule has 0 rings (SSSR count). The van der Waals surface area contributed by atoms with Crippen molar-refractivity contribution in [3.05, 3.63) is 109 Å². The number of carbonyl (C=O) groups is 3. The predicted molar refractivity (Wildman–Crippen MR) is 334 cm³/mol. The number of allylic oxidation sites excluding steroid dienone is 18. The molecule has 0 aromatic heterocycles. The third kappa shape index (κ3) is 62.8. The second kappa shape index (κ2) is 64.6. The first-order valence-corrected chi connectivity index (χ1v) is 32.4. The summed E-state index contributed by atoms with van der Waals surface area (Å²) in [6, 6.07) is 0. The molecule has 0 spiro atoms. The largest absolute Gasteiger partial charge is 0.462 e. The smallest absolute Gasteiger partial charge is 0.306 e. The van der Waals surface area contributed by atoms with E-state index in [2.05, 4.69) is 130 Å². The molecular formula is C71H120O6. The summed E-state index contributed by atoms with van der Waals surface area (Å²) in [6.45, 7) is 6.50. The maximum Gasteiger partial charge on any atom is 0.306 e. The molecule has 77 heavy (non-hydrogen) atoms. The molecule has 0 amide bonds. The lowest BCUT2D eigenvalue weighted by molar-refractivity contribution is -0.167. The lowest BCUT2D eigenvalue weighted by atomic mass is 10.0. The molecule has 0 heterocycles. The van der Waals surface area contributed by atoms with E-state index in [1.165, 1.54) is 116 Å². The fourth-order valence-electron chi connectivity index (χ4n) is 8.92. The highest BCUT2D eigenvalue weighted by atomic mass is 16.6. The Morgan fingerprint density at radius 3 is 0.818 bits per heavy atom. The Kier molecular flexibility index (Phi) is 61.3. The zero-order valence-electron chi connectivity index (χ0n) is 50.4. The van der Waals surface area contributed by atoms with E-state index in [9.17, 15) is 14.4 Å². The molecule has 0 aliphatic heterocycles. The minimum absolute atomic E-state index is 0.0903. The van der Waals surface area contributed by atoms with Gasteiger partial charge in [0, 0.05) is 19.3 Å². The van der Waals surface area contributed by atoms with Crippen molar-refractivity contribution in [2.45, 2.75) is 309 Å². The van der Waals surface area contributed by atoms with E-state index >= 15 is 0 Å². The molecule has 0 aliphatic carbocycles. The predicted octanol–water partition coefficient (Wildman–Crippen LogP) is 22.2. The van der Waals surface area contributed by atoms with Crippen LogP contribution in [0, 0.1) is 0 Å². The van der Waals surface area contributed by atoms with Crippen molar-refractivity contribution in [2.75, 3.05) is 13.2 Å². The molecule has 0 bridgehead atoms. The normalized spacial score (nSPS) is 12.8. The fraction of sp³-hybridized carbons (Fsp3) is 0.704. The Morgan fingerprint density at radius 1 is 0.273 bits per heavy atom. The summed E-state index contributed by atoms with van der Waals surface area (Å²) in [6.07, 6.45) is 88.0. The molecule has 0 fully saturated rings. The molecule has 1 atom stereocenters. The first-order valence-electron chi connectivity index (χ1n) is 32.4. The van der Waals surface area contributed by atoms with Gasteiger partial charge in [-0.3, -0.25) is 14.4 Å². The van der Waals surface area contributed by atoms with Gasteiger partial charge in [0.2, 0.25) is 0 Å². The summed E-state index contributed by atoms with van der Waals surface area (Å²) in [5.74, 6) is -0.912. The van der Waals surface area contributed by atoms with Crippen LogP contribution in [0.5, 0.6) is 0 Å². The van der Waals surface area contributed by atoms with E-state index in [-0.39, 0.29) is 31.1 Å². The van der Waals surface area contributed by atoms with Crippen molar-refractivity contribution >= 4 is 17.9 Å². The van der Waals surface area contributed by atoms with Crippen LogP contribution in [0.1, 0.15) is 303 Å². The maximum absolute atomic E-state index is 12.9. The monoisotopic (exact) mass is 1070 g/mol. The van der Waals surface area contributed by atoms with E-state index in [1.54, 1.807) is 0 Å². The highest BCUT2D eigenvalue weighted by Crippen LogP contribution is 2.16. The van der Waals surface area contributed by atoms with Gasteiger partial charge < -0.3 is 14.2 Å². The summed E-state index contributed by atoms with van der Waals surface area (Å²) in [7, 11) is 0. The second-order valence-corrected chi connectivity index (χ2v) is 21.3. The zero-order chi connectivity index (χ0) is 55.7. The van der Waals surface area contributed by atoms with Crippen LogP contribution in [0.15, 0.2) is 109 Å². The molecular weight excluding hydrogens is 949 g/mol. The number of carbonyl (C=O) groups excluding carboxylic acids is 3. The van der Waals surface area contributed by atoms with Crippen molar-refractivity contribution in [3.63, 3.8) is 0 Å². The van der Waals surface area contributed by atoms with Gasteiger partial charge in [-0.15, -0.1) is 0 Å². The SMILES string of the molecule is CC/C=C\C/C=C\C/C=C\C/C=C\C/C=C\C/C=C\C/C=C\CCCCCCCC(=O)OCC(COC(=O)CCCCCCC/C=C\C/C=C\CCCCC)OC(=O)CCCCCCCCCCCCCCCCCCC. The van der Waals surface area contributed by atoms with Crippen molar-refractivity contribution in [3.8, 4) is 0 Å². The van der Waals surface area contributed by atoms with E-state index in [0.717, 1.165) is 148 Å². The first-order chi connectivity index (χ1) is 38.0. The highest BCUT2D eigenvalue weighted by Gasteiger charge is 2.19. The van der Waals surface area contributed by atoms with Gasteiger partial charge in [0.15, 0.2) is 6.10 Å². The van der Waals surface area contributed by atoms with Gasteiger partial charge in [-0.25, -0.2) is 0 Å². The summed E-state index contributed by atoms with van der Waals surface area (Å²) in [5, 5.41) is 0. The van der Waals surface area contributed by atoms with Gasteiger partial charge in [-0.1, -0.05) is 284 Å². The van der Waals surface area contributed by atoms with Crippen molar-refractivity contribution < 1.29 is 28.6 Å². The van der Waals surface area contributed by atoms with Crippen LogP contribution in [-0.2, 0) is 28.6 Å². The number of hydrogen-bond donors (Lipinski definition) is 0. The highest BCUT2D eigenvalue weighted by molar-refractivity contribution is 5.71. The fourth-order valence-corrected chi connectivity index (χ4v) is 8.92. The van der Waals surface area contributed by atoms with Gasteiger partial charge in [0.25, 0.3) is 0 Å². The van der Waals surface area contributed by atoms with Crippen LogP contribution in [0.3, 0.4) is 0 Å². The van der Waals surface area contributed by atoms with E-state index in [4.69, 9.17) is 14.2 Å². The Hall–Kier alpha value is -3.93. The van der Waals surface area contributed by atoms with Gasteiger partial charge in [-0.2, -0.15) is 0 Å². The summed E-state index contributed by atoms with van der Waals surface area (Å²) in [5.41, 5.74) is 0. The van der Waals surface area contributed by atoms with Crippen molar-refractivity contribution in [2.24, 2.45) is 0 Å². The molecule has 1 unspecified atom stereocenters. The van der Waals surface area contributed by atoms with E-state index < -0.39 is 6.10 Å². The zero-order valence-corrected chi connectivity index (χ0v) is 50.4. The molecule has 0 aliphatic rings. The number of rotatable bonds is 58. The van der Waals surface area contributed by atoms with Crippen LogP contribution in [0.2, 0.25) is 0 Å². The maximum atomic E-state index is 12.9. The minimum atomic E-state index is -0.793. The lowest BCUT2D eigenvalue weighted by Crippen LogP contribution is -2.30. The summed E-state index contributed by atoms with van der Waals surface area (Å²) < 4.78 is 16.9. The third-order valence-electron chi connectivity index (χ3n) is 13.8. The number of ether oxygens (including phenoxy) is 3. The standard InChI is InChI=1S/C71H120O6/c1-4-7-10-13-16-19-22-25-28-30-31-32-33-34-35-36-37-38-39-41-43-46-49-52-55-58-61-64-70(73)76-67-68(66-75-69(72)63-60-57-54-51-48-45-42-27-24-21-18-15-12-9-6-3)77-71(74)65-62-59-56-53-50-47-44-40-29-26-23-20-17-14-11-8-5-2/h7,10,16,18-19,21,25,27-28,31-32,34-35,37-38,41-43,68H,4-6,8-9,11-15,17,20,22-24,26,29-30,33,36,39-40,44-67H2,1-3H3/b10-7-,19-16-,21-18-,28-25-,32-31-,35-34-,38-37-,42-27-,43-41-. The quantitative estimate of drug-likeness (QED) is 0.0261. The van der Waals surface area contributed by atoms with Gasteiger partial charge in [0.1, 0.15) is 13.2 Å². The van der Waals surface area contributed by atoms with E-state index in [0.29, 0.717) is 19.3 Å². The van der Waals surface area contributed by atoms with Crippen LogP contribution >= 0.6 is 0 Å². The van der Waals surface area contributed by atoms with Crippen molar-refractivity contribution in [1.82, 2.24) is 0 Å². The second-order valence-electron chi connectivity index (χ2n) is 21.3. The van der Waals surface area contributed by atoms with Gasteiger partial charge in [0.05, 0.1) is 0 Å². The average molecular weight is 1070 g/mol. The van der Waals surface area contributed by atoms with Crippen LogP contribution in [0.4, 0.5) is 0 Å². The molecule has 0 N–H and O–H groups in total. The minimum Gasteiger partial charge on any atom is -0.462 e. The number of unbranched alkanes of at least 4 members (excludes halogenated alkanes) is 29. The average Bonchev–Trinajstić information content (AvgIpc) is 3.43. The number of esters is 3.